The zero-order valence-electron chi connectivity index (χ0n) is 12.5. The van der Waals surface area contributed by atoms with Gasteiger partial charge >= 0.3 is 0 Å². The van der Waals surface area contributed by atoms with E-state index in [0.29, 0.717) is 6.04 Å². The predicted octanol–water partition coefficient (Wildman–Crippen LogP) is 3.66. The molecule has 18 heavy (non-hydrogen) atoms. The highest BCUT2D eigenvalue weighted by atomic mass is 15.3. The van der Waals surface area contributed by atoms with Crippen LogP contribution in [0.3, 0.4) is 0 Å². The molecule has 104 valence electrons. The van der Waals surface area contributed by atoms with Crippen LogP contribution in [0, 0.1) is 6.92 Å². The number of rotatable bonds is 9. The zero-order chi connectivity index (χ0) is 13.4. The van der Waals surface area contributed by atoms with Gasteiger partial charge in [0.15, 0.2) is 0 Å². The van der Waals surface area contributed by atoms with Gasteiger partial charge in [-0.25, -0.2) is 0 Å². The molecule has 0 amide bonds. The molecule has 1 aromatic heterocycles. The molecule has 3 heteroatoms. The minimum atomic E-state index is 0.529. The quantitative estimate of drug-likeness (QED) is 0.679. The van der Waals surface area contributed by atoms with E-state index in [1.807, 2.05) is 6.20 Å². The zero-order valence-corrected chi connectivity index (χ0v) is 12.5. The summed E-state index contributed by atoms with van der Waals surface area (Å²) in [5.41, 5.74) is 2.65. The Kier molecular flexibility index (Phi) is 7.02. The highest BCUT2D eigenvalue weighted by molar-refractivity contribution is 5.15. The largest absolute Gasteiger partial charge is 0.310 e. The third kappa shape index (κ3) is 5.21. The van der Waals surface area contributed by atoms with Crippen molar-refractivity contribution in [1.29, 1.82) is 0 Å². The van der Waals surface area contributed by atoms with Gasteiger partial charge in [0.05, 0.1) is 6.20 Å². The molecule has 0 unspecified atom stereocenters. The van der Waals surface area contributed by atoms with Crippen LogP contribution in [0.4, 0.5) is 0 Å². The Morgan fingerprint density at radius 3 is 2.61 bits per heavy atom. The van der Waals surface area contributed by atoms with Gasteiger partial charge in [0.1, 0.15) is 0 Å². The van der Waals surface area contributed by atoms with Gasteiger partial charge in [-0.05, 0) is 13.3 Å². The van der Waals surface area contributed by atoms with Crippen LogP contribution in [0.2, 0.25) is 0 Å². The number of nitrogens with zero attached hydrogens (tertiary/aromatic N) is 2. The van der Waals surface area contributed by atoms with E-state index in [0.717, 1.165) is 13.1 Å². The summed E-state index contributed by atoms with van der Waals surface area (Å²) in [7, 11) is 0. The molecule has 1 heterocycles. The van der Waals surface area contributed by atoms with Crippen LogP contribution in [-0.4, -0.2) is 15.8 Å². The topological polar surface area (TPSA) is 29.9 Å². The van der Waals surface area contributed by atoms with Crippen molar-refractivity contribution in [3.05, 3.63) is 17.5 Å². The van der Waals surface area contributed by atoms with Crippen molar-refractivity contribution < 1.29 is 0 Å². The lowest BCUT2D eigenvalue weighted by molar-refractivity contribution is 0.522. The van der Waals surface area contributed by atoms with Crippen molar-refractivity contribution in [2.45, 2.75) is 78.9 Å². The van der Waals surface area contributed by atoms with E-state index in [-0.39, 0.29) is 0 Å². The van der Waals surface area contributed by atoms with Gasteiger partial charge in [-0.2, -0.15) is 5.10 Å². The van der Waals surface area contributed by atoms with E-state index < -0.39 is 0 Å². The Morgan fingerprint density at radius 2 is 1.94 bits per heavy atom. The number of hydrogen-bond donors (Lipinski definition) is 1. The fraction of sp³-hybridized carbons (Fsp3) is 0.800. The third-order valence-corrected chi connectivity index (χ3v) is 3.38. The molecule has 0 aliphatic carbocycles. The van der Waals surface area contributed by atoms with Crippen molar-refractivity contribution in [3.63, 3.8) is 0 Å². The van der Waals surface area contributed by atoms with E-state index in [9.17, 15) is 0 Å². The Hall–Kier alpha value is -0.830. The van der Waals surface area contributed by atoms with Gasteiger partial charge in [0, 0.05) is 30.4 Å². The van der Waals surface area contributed by atoms with Crippen molar-refractivity contribution in [3.8, 4) is 0 Å². The van der Waals surface area contributed by atoms with Crippen LogP contribution in [0.5, 0.6) is 0 Å². The van der Waals surface area contributed by atoms with E-state index in [1.165, 1.54) is 43.4 Å². The molecule has 1 N–H and O–H groups in total. The lowest BCUT2D eigenvalue weighted by Crippen LogP contribution is -2.22. The minimum Gasteiger partial charge on any atom is -0.310 e. The average Bonchev–Trinajstić information content (AvgIpc) is 2.68. The molecule has 0 spiro atoms. The van der Waals surface area contributed by atoms with Crippen LogP contribution in [0.15, 0.2) is 6.20 Å². The highest BCUT2D eigenvalue weighted by Crippen LogP contribution is 2.10. The smallest absolute Gasteiger partial charge is 0.0537 e. The second-order valence-corrected chi connectivity index (χ2v) is 5.43. The summed E-state index contributed by atoms with van der Waals surface area (Å²) in [4.78, 5) is 0. The van der Waals surface area contributed by atoms with Gasteiger partial charge in [0.2, 0.25) is 0 Å². The molecule has 3 nitrogen and oxygen atoms in total. The maximum absolute atomic E-state index is 4.49. The van der Waals surface area contributed by atoms with Crippen molar-refractivity contribution in [1.82, 2.24) is 15.1 Å². The van der Waals surface area contributed by atoms with E-state index in [2.05, 4.69) is 42.8 Å². The van der Waals surface area contributed by atoms with Gasteiger partial charge < -0.3 is 5.32 Å². The van der Waals surface area contributed by atoms with E-state index in [4.69, 9.17) is 0 Å². The van der Waals surface area contributed by atoms with Crippen molar-refractivity contribution in [2.75, 3.05) is 0 Å². The molecule has 0 saturated heterocycles. The average molecular weight is 251 g/mol. The highest BCUT2D eigenvalue weighted by Gasteiger charge is 2.06. The summed E-state index contributed by atoms with van der Waals surface area (Å²) >= 11 is 0. The summed E-state index contributed by atoms with van der Waals surface area (Å²) in [5, 5.41) is 7.93. The van der Waals surface area contributed by atoms with Crippen molar-refractivity contribution in [2.24, 2.45) is 0 Å². The summed E-state index contributed by atoms with van der Waals surface area (Å²) in [6.45, 7) is 10.8. The minimum absolute atomic E-state index is 0.529. The van der Waals surface area contributed by atoms with Crippen molar-refractivity contribution >= 4 is 0 Å². The molecule has 0 bridgehead atoms. The summed E-state index contributed by atoms with van der Waals surface area (Å²) < 4.78 is 2.16. The summed E-state index contributed by atoms with van der Waals surface area (Å²) in [6.07, 6.45) is 8.62. The SMILES string of the molecule is CCCCCCCn1ncc(CNC(C)C)c1C. The van der Waals surface area contributed by atoms with Gasteiger partial charge in [-0.15, -0.1) is 0 Å². The van der Waals surface area contributed by atoms with Crippen LogP contribution in [-0.2, 0) is 13.1 Å². The van der Waals surface area contributed by atoms with Crippen LogP contribution < -0.4 is 5.32 Å². The molecule has 0 fully saturated rings. The summed E-state index contributed by atoms with van der Waals surface area (Å²) in [6, 6.07) is 0.529. The van der Waals surface area contributed by atoms with E-state index >= 15 is 0 Å². The fourth-order valence-corrected chi connectivity index (χ4v) is 2.06. The second kappa shape index (κ2) is 8.30. The first-order valence-electron chi connectivity index (χ1n) is 7.39. The molecular weight excluding hydrogens is 222 g/mol. The molecular formula is C15H29N3. The monoisotopic (exact) mass is 251 g/mol. The Bertz CT molecular complexity index is 328. The number of unbranched alkanes of at least 4 members (excludes halogenated alkanes) is 4. The summed E-state index contributed by atoms with van der Waals surface area (Å²) in [5.74, 6) is 0. The number of hydrogen-bond acceptors (Lipinski definition) is 2. The molecule has 0 radical (unpaired) electrons. The molecule has 0 aliphatic rings. The predicted molar refractivity (Wildman–Crippen MR) is 77.7 cm³/mol. The number of aromatic nitrogens is 2. The Labute approximate surface area is 112 Å². The maximum atomic E-state index is 4.49. The van der Waals surface area contributed by atoms with Gasteiger partial charge in [-0.3, -0.25) is 4.68 Å². The van der Waals surface area contributed by atoms with Gasteiger partial charge in [0.25, 0.3) is 0 Å². The Morgan fingerprint density at radius 1 is 1.22 bits per heavy atom. The number of nitrogens with one attached hydrogen (secondary N) is 1. The number of aryl methyl sites for hydroxylation is 1. The molecule has 0 saturated carbocycles. The molecule has 0 aliphatic heterocycles. The van der Waals surface area contributed by atoms with Gasteiger partial charge in [-0.1, -0.05) is 46.5 Å². The second-order valence-electron chi connectivity index (χ2n) is 5.43. The molecule has 0 atom stereocenters. The third-order valence-electron chi connectivity index (χ3n) is 3.38. The fourth-order valence-electron chi connectivity index (χ4n) is 2.06. The first-order chi connectivity index (χ1) is 8.65. The molecule has 1 aromatic rings. The maximum Gasteiger partial charge on any atom is 0.0537 e. The van der Waals surface area contributed by atoms with E-state index in [1.54, 1.807) is 0 Å². The van der Waals surface area contributed by atoms with Crippen LogP contribution in [0.1, 0.15) is 64.1 Å². The standard InChI is InChI=1S/C15H29N3/c1-5-6-7-8-9-10-18-14(4)15(12-17-18)11-16-13(2)3/h12-13,16H,5-11H2,1-4H3. The molecule has 0 aromatic carbocycles. The normalized spacial score (nSPS) is 11.4. The lowest BCUT2D eigenvalue weighted by Gasteiger charge is -2.08. The first kappa shape index (κ1) is 15.2. The molecule has 1 rings (SSSR count). The van der Waals surface area contributed by atoms with Crippen LogP contribution >= 0.6 is 0 Å². The lowest BCUT2D eigenvalue weighted by atomic mass is 10.1. The Balaban J connectivity index is 2.33. The van der Waals surface area contributed by atoms with Crippen LogP contribution in [0.25, 0.3) is 0 Å². The first-order valence-corrected chi connectivity index (χ1v) is 7.39.